The average Bonchev–Trinajstić information content (AvgIpc) is 2.88. The molecule has 0 spiro atoms. The van der Waals surface area contributed by atoms with Crippen LogP contribution < -0.4 is 0 Å². The minimum absolute atomic E-state index is 0.213. The molecule has 0 saturated carbocycles. The number of aromatic nitrogens is 4. The van der Waals surface area contributed by atoms with Crippen molar-refractivity contribution in [1.82, 2.24) is 20.4 Å². The van der Waals surface area contributed by atoms with E-state index in [0.29, 0.717) is 11.4 Å². The van der Waals surface area contributed by atoms with Gasteiger partial charge in [0.25, 0.3) is 0 Å². The number of aromatic carboxylic acids is 4. The second-order valence-electron chi connectivity index (χ2n) is 7.43. The Kier molecular flexibility index (Phi) is 6.16. The summed E-state index contributed by atoms with van der Waals surface area (Å²) in [5, 5.41) is 53.1. The van der Waals surface area contributed by atoms with Crippen LogP contribution in [0.3, 0.4) is 0 Å². The van der Waals surface area contributed by atoms with Crippen molar-refractivity contribution < 1.29 is 39.6 Å². The van der Waals surface area contributed by atoms with Crippen LogP contribution in [-0.4, -0.2) is 64.7 Å². The standard InChI is InChI=1S/C24H14N4O8/c29-21(30)13-5-11(6-14(9-13)22(31)32)17-1-3-19(27-25-17)20-4-2-18(26-28-20)12-7-15(23(33)34)10-16(8-12)24(35)36/h1-10H,(H,29,30)(H,31,32)(H,33,34)(H,35,36). The lowest BCUT2D eigenvalue weighted by Crippen LogP contribution is -2.04. The van der Waals surface area contributed by atoms with Crippen LogP contribution in [0.25, 0.3) is 33.9 Å². The Bertz CT molecular complexity index is 1350. The molecule has 4 N–H and O–H groups in total. The van der Waals surface area contributed by atoms with Crippen LogP contribution in [0.15, 0.2) is 60.7 Å². The molecule has 0 radical (unpaired) electrons. The van der Waals surface area contributed by atoms with Gasteiger partial charge in [0.05, 0.1) is 33.6 Å². The van der Waals surface area contributed by atoms with Crippen molar-refractivity contribution in [3.8, 4) is 33.9 Å². The molecule has 2 aromatic carbocycles. The van der Waals surface area contributed by atoms with E-state index in [2.05, 4.69) is 20.4 Å². The van der Waals surface area contributed by atoms with Crippen LogP contribution in [0.2, 0.25) is 0 Å². The van der Waals surface area contributed by atoms with Crippen molar-refractivity contribution in [2.45, 2.75) is 0 Å². The number of carboxylic acid groups (broad SMARTS) is 4. The molecule has 4 aromatic rings. The summed E-state index contributed by atoms with van der Waals surface area (Å²) in [4.78, 5) is 45.3. The van der Waals surface area contributed by atoms with Gasteiger partial charge in [-0.3, -0.25) is 0 Å². The zero-order valence-electron chi connectivity index (χ0n) is 18.0. The minimum atomic E-state index is -1.29. The SMILES string of the molecule is O=C(O)c1cc(C(=O)O)cc(-c2ccc(-c3ccc(-c4cc(C(=O)O)cc(C(=O)O)c4)nn3)nn2)c1. The monoisotopic (exact) mass is 486 g/mol. The van der Waals surface area contributed by atoms with E-state index in [1.54, 1.807) is 0 Å². The Labute approximate surface area is 201 Å². The fourth-order valence-corrected chi connectivity index (χ4v) is 3.29. The number of hydrogen-bond donors (Lipinski definition) is 4. The highest BCUT2D eigenvalue weighted by atomic mass is 16.4. The summed E-state index contributed by atoms with van der Waals surface area (Å²) in [6, 6.07) is 13.3. The maximum Gasteiger partial charge on any atom is 0.335 e. The third-order valence-corrected chi connectivity index (χ3v) is 5.04. The number of hydrogen-bond acceptors (Lipinski definition) is 8. The molecular formula is C24H14N4O8. The largest absolute Gasteiger partial charge is 0.478 e. The molecule has 0 unspecified atom stereocenters. The highest BCUT2D eigenvalue weighted by Gasteiger charge is 2.15. The van der Waals surface area contributed by atoms with E-state index in [-0.39, 0.29) is 44.8 Å². The quantitative estimate of drug-likeness (QED) is 0.298. The normalized spacial score (nSPS) is 10.6. The predicted molar refractivity (Wildman–Crippen MR) is 122 cm³/mol. The number of carboxylic acids is 4. The van der Waals surface area contributed by atoms with E-state index in [0.717, 1.165) is 12.1 Å². The summed E-state index contributed by atoms with van der Waals surface area (Å²) in [6.07, 6.45) is 0. The summed E-state index contributed by atoms with van der Waals surface area (Å²) in [7, 11) is 0. The van der Waals surface area contributed by atoms with Crippen molar-refractivity contribution in [2.24, 2.45) is 0 Å². The fourth-order valence-electron chi connectivity index (χ4n) is 3.29. The van der Waals surface area contributed by atoms with Crippen LogP contribution >= 0.6 is 0 Å². The molecule has 12 heteroatoms. The van der Waals surface area contributed by atoms with E-state index in [1.165, 1.54) is 48.5 Å². The van der Waals surface area contributed by atoms with E-state index in [9.17, 15) is 39.6 Å². The minimum Gasteiger partial charge on any atom is -0.478 e. The Hall–Kier alpha value is -5.52. The summed E-state index contributed by atoms with van der Waals surface area (Å²) in [5.74, 6) is -5.15. The first-order valence-electron chi connectivity index (χ1n) is 10.0. The highest BCUT2D eigenvalue weighted by molar-refractivity contribution is 5.96. The van der Waals surface area contributed by atoms with Gasteiger partial charge in [0.15, 0.2) is 0 Å². The highest BCUT2D eigenvalue weighted by Crippen LogP contribution is 2.25. The van der Waals surface area contributed by atoms with Gasteiger partial charge in [-0.25, -0.2) is 19.2 Å². The van der Waals surface area contributed by atoms with Gasteiger partial charge < -0.3 is 20.4 Å². The van der Waals surface area contributed by atoms with Crippen LogP contribution in [0.5, 0.6) is 0 Å². The van der Waals surface area contributed by atoms with E-state index in [1.807, 2.05) is 0 Å². The molecule has 0 aliphatic carbocycles. The van der Waals surface area contributed by atoms with Gasteiger partial charge in [-0.2, -0.15) is 0 Å². The molecule has 2 aromatic heterocycles. The topological polar surface area (TPSA) is 201 Å². The van der Waals surface area contributed by atoms with Crippen LogP contribution in [-0.2, 0) is 0 Å². The lowest BCUT2D eigenvalue weighted by molar-refractivity contribution is 0.0676. The Morgan fingerprint density at radius 1 is 0.417 bits per heavy atom. The first kappa shape index (κ1) is 23.6. The van der Waals surface area contributed by atoms with E-state index >= 15 is 0 Å². The van der Waals surface area contributed by atoms with Crippen molar-refractivity contribution >= 4 is 23.9 Å². The molecule has 0 amide bonds. The molecular weight excluding hydrogens is 472 g/mol. The lowest BCUT2D eigenvalue weighted by atomic mass is 10.0. The van der Waals surface area contributed by atoms with Crippen LogP contribution in [0.1, 0.15) is 41.4 Å². The molecule has 0 bridgehead atoms. The number of nitrogens with zero attached hydrogens (tertiary/aromatic N) is 4. The third-order valence-electron chi connectivity index (χ3n) is 5.04. The third kappa shape index (κ3) is 4.87. The van der Waals surface area contributed by atoms with Gasteiger partial charge >= 0.3 is 23.9 Å². The number of carbonyl (C=O) groups is 4. The number of benzene rings is 2. The van der Waals surface area contributed by atoms with Gasteiger partial charge in [-0.15, -0.1) is 20.4 Å². The first-order valence-corrected chi connectivity index (χ1v) is 10.0. The second-order valence-corrected chi connectivity index (χ2v) is 7.43. The molecule has 0 fully saturated rings. The zero-order valence-corrected chi connectivity index (χ0v) is 18.0. The average molecular weight is 486 g/mol. The molecule has 0 atom stereocenters. The summed E-state index contributed by atoms with van der Waals surface area (Å²) >= 11 is 0. The smallest absolute Gasteiger partial charge is 0.335 e. The van der Waals surface area contributed by atoms with Crippen molar-refractivity contribution in [2.75, 3.05) is 0 Å². The maximum atomic E-state index is 11.3. The summed E-state index contributed by atoms with van der Waals surface area (Å²) in [5.41, 5.74) is 0.727. The van der Waals surface area contributed by atoms with Crippen molar-refractivity contribution in [1.29, 1.82) is 0 Å². The Balaban J connectivity index is 1.64. The van der Waals surface area contributed by atoms with E-state index in [4.69, 9.17) is 0 Å². The van der Waals surface area contributed by atoms with Crippen LogP contribution in [0, 0.1) is 0 Å². The van der Waals surface area contributed by atoms with Crippen LogP contribution in [0.4, 0.5) is 0 Å². The molecule has 36 heavy (non-hydrogen) atoms. The summed E-state index contributed by atoms with van der Waals surface area (Å²) < 4.78 is 0. The fraction of sp³-hybridized carbons (Fsp3) is 0. The summed E-state index contributed by atoms with van der Waals surface area (Å²) in [6.45, 7) is 0. The second kappa shape index (κ2) is 9.38. The van der Waals surface area contributed by atoms with Gasteiger partial charge in [0.1, 0.15) is 11.4 Å². The lowest BCUT2D eigenvalue weighted by Gasteiger charge is -2.07. The van der Waals surface area contributed by atoms with Crippen molar-refractivity contribution in [3.05, 3.63) is 82.9 Å². The zero-order chi connectivity index (χ0) is 26.0. The van der Waals surface area contributed by atoms with Gasteiger partial charge in [-0.05, 0) is 60.7 Å². The molecule has 0 aliphatic heterocycles. The van der Waals surface area contributed by atoms with Gasteiger partial charge in [0, 0.05) is 11.1 Å². The maximum absolute atomic E-state index is 11.3. The number of rotatable bonds is 7. The molecule has 0 saturated heterocycles. The molecule has 178 valence electrons. The van der Waals surface area contributed by atoms with Crippen molar-refractivity contribution in [3.63, 3.8) is 0 Å². The van der Waals surface area contributed by atoms with E-state index < -0.39 is 23.9 Å². The Morgan fingerprint density at radius 3 is 0.889 bits per heavy atom. The van der Waals surface area contributed by atoms with Gasteiger partial charge in [0.2, 0.25) is 0 Å². The Morgan fingerprint density at radius 2 is 0.667 bits per heavy atom. The molecule has 2 heterocycles. The molecule has 0 aliphatic rings. The van der Waals surface area contributed by atoms with Gasteiger partial charge in [-0.1, -0.05) is 0 Å². The molecule has 4 rings (SSSR count). The molecule has 12 nitrogen and oxygen atoms in total. The first-order chi connectivity index (χ1) is 17.1. The predicted octanol–water partition coefficient (Wildman–Crippen LogP) is 3.06.